The van der Waals surface area contributed by atoms with Crippen molar-refractivity contribution in [2.24, 2.45) is 5.10 Å². The molecule has 5 nitrogen and oxygen atoms in total. The summed E-state index contributed by atoms with van der Waals surface area (Å²) >= 11 is 11.7. The fourth-order valence-electron chi connectivity index (χ4n) is 2.48. The molecule has 2 atom stereocenters. The van der Waals surface area contributed by atoms with Crippen LogP contribution in [0.15, 0.2) is 23.3 Å². The Morgan fingerprint density at radius 3 is 2.65 bits per heavy atom. The summed E-state index contributed by atoms with van der Waals surface area (Å²) in [6.07, 6.45) is -6.46. The van der Waals surface area contributed by atoms with E-state index in [1.165, 1.54) is 25.1 Å². The molecule has 0 radical (unpaired) electrons. The molecule has 0 aromatic heterocycles. The summed E-state index contributed by atoms with van der Waals surface area (Å²) in [7, 11) is 0. The van der Waals surface area contributed by atoms with Crippen molar-refractivity contribution >= 4 is 34.8 Å². The van der Waals surface area contributed by atoms with Gasteiger partial charge in [-0.1, -0.05) is 36.5 Å². The SMILES string of the molecule is CCCC1=NN(C(=O)C(C)Oc2ccc(Cl)cc2Cl)C(O)(C(F)(F)F)C1. The number of carbonyl (C=O) groups is 1. The molecule has 0 fully saturated rings. The molecule has 144 valence electrons. The Morgan fingerprint density at radius 2 is 2.12 bits per heavy atom. The number of alkyl halides is 3. The average Bonchev–Trinajstić information content (AvgIpc) is 2.87. The zero-order chi connectivity index (χ0) is 19.7. The average molecular weight is 413 g/mol. The van der Waals surface area contributed by atoms with Crippen LogP contribution in [-0.4, -0.2) is 39.7 Å². The number of hydrazone groups is 1. The van der Waals surface area contributed by atoms with Gasteiger partial charge in [-0.3, -0.25) is 4.79 Å². The predicted molar refractivity (Wildman–Crippen MR) is 91.4 cm³/mol. The molecule has 1 aliphatic heterocycles. The van der Waals surface area contributed by atoms with E-state index < -0.39 is 30.3 Å². The maximum atomic E-state index is 13.4. The highest BCUT2D eigenvalue weighted by Crippen LogP contribution is 2.41. The minimum Gasteiger partial charge on any atom is -0.479 e. The van der Waals surface area contributed by atoms with E-state index in [0.29, 0.717) is 11.4 Å². The normalized spacial score (nSPS) is 21.5. The molecule has 26 heavy (non-hydrogen) atoms. The molecule has 2 unspecified atom stereocenters. The van der Waals surface area contributed by atoms with Crippen LogP contribution in [0.25, 0.3) is 0 Å². The van der Waals surface area contributed by atoms with Crippen molar-refractivity contribution < 1.29 is 27.8 Å². The second-order valence-corrected chi connectivity index (χ2v) is 6.74. The third kappa shape index (κ3) is 4.07. The highest BCUT2D eigenvalue weighted by Gasteiger charge is 2.63. The van der Waals surface area contributed by atoms with Crippen LogP contribution >= 0.6 is 23.2 Å². The van der Waals surface area contributed by atoms with E-state index in [0.717, 1.165) is 0 Å². The fourth-order valence-corrected chi connectivity index (χ4v) is 2.93. The summed E-state index contributed by atoms with van der Waals surface area (Å²) in [4.78, 5) is 12.5. The van der Waals surface area contributed by atoms with Gasteiger partial charge in [-0.25, -0.2) is 0 Å². The summed E-state index contributed by atoms with van der Waals surface area (Å²) < 4.78 is 45.5. The summed E-state index contributed by atoms with van der Waals surface area (Å²) in [5, 5.41) is 14.3. The number of nitrogens with zero attached hydrogens (tertiary/aromatic N) is 2. The number of carbonyl (C=O) groups excluding carboxylic acids is 1. The Morgan fingerprint density at radius 1 is 1.46 bits per heavy atom. The first kappa shape index (κ1) is 20.8. The number of amides is 1. The maximum Gasteiger partial charge on any atom is 0.438 e. The van der Waals surface area contributed by atoms with Crippen LogP contribution in [0, 0.1) is 0 Å². The third-order valence-corrected chi connectivity index (χ3v) is 4.32. The Bertz CT molecular complexity index is 727. The zero-order valence-corrected chi connectivity index (χ0v) is 15.5. The Labute approximate surface area is 158 Å². The first-order chi connectivity index (χ1) is 12.0. The highest BCUT2D eigenvalue weighted by molar-refractivity contribution is 6.35. The van der Waals surface area contributed by atoms with Crippen LogP contribution in [0.3, 0.4) is 0 Å². The second kappa shape index (κ2) is 7.62. The molecule has 1 amide bonds. The molecular formula is C16H17Cl2F3N2O3. The molecule has 1 N–H and O–H groups in total. The van der Waals surface area contributed by atoms with Gasteiger partial charge < -0.3 is 9.84 Å². The van der Waals surface area contributed by atoms with Gasteiger partial charge in [-0.05, 0) is 31.5 Å². The number of halogens is 5. The van der Waals surface area contributed by atoms with Crippen molar-refractivity contribution in [1.29, 1.82) is 0 Å². The molecule has 0 bridgehead atoms. The van der Waals surface area contributed by atoms with Crippen LogP contribution in [0.5, 0.6) is 5.75 Å². The molecule has 2 rings (SSSR count). The molecule has 0 aliphatic carbocycles. The molecule has 0 saturated carbocycles. The zero-order valence-electron chi connectivity index (χ0n) is 14.0. The first-order valence-corrected chi connectivity index (χ1v) is 8.56. The van der Waals surface area contributed by atoms with Crippen LogP contribution < -0.4 is 4.74 Å². The van der Waals surface area contributed by atoms with Crippen LogP contribution in [0.2, 0.25) is 10.0 Å². The number of ether oxygens (including phenoxy) is 1. The molecule has 1 aliphatic rings. The number of rotatable bonds is 5. The van der Waals surface area contributed by atoms with E-state index in [2.05, 4.69) is 5.10 Å². The van der Waals surface area contributed by atoms with Gasteiger partial charge in [0.15, 0.2) is 6.10 Å². The Balaban J connectivity index is 2.26. The molecule has 10 heteroatoms. The number of benzene rings is 1. The number of aliphatic hydroxyl groups is 1. The smallest absolute Gasteiger partial charge is 0.438 e. The van der Waals surface area contributed by atoms with E-state index in [-0.39, 0.29) is 27.9 Å². The van der Waals surface area contributed by atoms with E-state index >= 15 is 0 Å². The van der Waals surface area contributed by atoms with Gasteiger partial charge in [-0.15, -0.1) is 0 Å². The largest absolute Gasteiger partial charge is 0.479 e. The van der Waals surface area contributed by atoms with E-state index in [1.54, 1.807) is 6.92 Å². The van der Waals surface area contributed by atoms with Gasteiger partial charge in [0.1, 0.15) is 5.75 Å². The van der Waals surface area contributed by atoms with Gasteiger partial charge in [0.25, 0.3) is 11.6 Å². The lowest BCUT2D eigenvalue weighted by atomic mass is 10.0. The van der Waals surface area contributed by atoms with E-state index in [4.69, 9.17) is 27.9 Å². The maximum absolute atomic E-state index is 13.4. The van der Waals surface area contributed by atoms with Gasteiger partial charge in [0.05, 0.1) is 5.02 Å². The first-order valence-electron chi connectivity index (χ1n) is 7.81. The van der Waals surface area contributed by atoms with Crippen molar-refractivity contribution in [1.82, 2.24) is 5.01 Å². The topological polar surface area (TPSA) is 62.1 Å². The van der Waals surface area contributed by atoms with Gasteiger partial charge in [0.2, 0.25) is 0 Å². The van der Waals surface area contributed by atoms with Crippen molar-refractivity contribution in [3.8, 4) is 5.75 Å². The quantitative estimate of drug-likeness (QED) is 0.779. The van der Waals surface area contributed by atoms with Gasteiger partial charge in [0, 0.05) is 17.2 Å². The van der Waals surface area contributed by atoms with Crippen molar-refractivity contribution in [2.45, 2.75) is 51.1 Å². The van der Waals surface area contributed by atoms with Crippen LogP contribution in [0.4, 0.5) is 13.2 Å². The summed E-state index contributed by atoms with van der Waals surface area (Å²) in [6, 6.07) is 4.22. The van der Waals surface area contributed by atoms with E-state index in [1.807, 2.05) is 0 Å². The standard InChI is InChI=1S/C16H17Cl2F3N2O3/c1-3-4-11-8-15(25,16(19,20)21)23(22-11)14(24)9(2)26-13-6-5-10(17)7-12(13)18/h5-7,9,25H,3-4,8H2,1-2H3. The minimum absolute atomic E-state index is 0.0620. The van der Waals surface area contributed by atoms with Crippen LogP contribution in [-0.2, 0) is 4.79 Å². The molecule has 1 aromatic rings. The number of hydrogen-bond acceptors (Lipinski definition) is 4. The minimum atomic E-state index is -5.07. The second-order valence-electron chi connectivity index (χ2n) is 5.89. The lowest BCUT2D eigenvalue weighted by Crippen LogP contribution is -2.58. The summed E-state index contributed by atoms with van der Waals surface area (Å²) in [5.41, 5.74) is -3.30. The fraction of sp³-hybridized carbons (Fsp3) is 0.500. The monoisotopic (exact) mass is 412 g/mol. The summed E-state index contributed by atoms with van der Waals surface area (Å²) in [5.74, 6) is -1.06. The van der Waals surface area contributed by atoms with Crippen molar-refractivity contribution in [3.05, 3.63) is 28.2 Å². The highest BCUT2D eigenvalue weighted by atomic mass is 35.5. The summed E-state index contributed by atoms with van der Waals surface area (Å²) in [6.45, 7) is 3.01. The van der Waals surface area contributed by atoms with Gasteiger partial charge >= 0.3 is 6.18 Å². The lowest BCUT2D eigenvalue weighted by Gasteiger charge is -2.33. The van der Waals surface area contributed by atoms with Crippen molar-refractivity contribution in [2.75, 3.05) is 0 Å². The van der Waals surface area contributed by atoms with Crippen molar-refractivity contribution in [3.63, 3.8) is 0 Å². The molecule has 1 aromatic carbocycles. The molecular weight excluding hydrogens is 396 g/mol. The molecule has 0 saturated heterocycles. The molecule has 1 heterocycles. The molecule has 0 spiro atoms. The lowest BCUT2D eigenvalue weighted by molar-refractivity contribution is -0.303. The van der Waals surface area contributed by atoms with Gasteiger partial charge in [-0.2, -0.15) is 23.3 Å². The number of hydrogen-bond donors (Lipinski definition) is 1. The van der Waals surface area contributed by atoms with Crippen LogP contribution in [0.1, 0.15) is 33.1 Å². The third-order valence-electron chi connectivity index (χ3n) is 3.79. The Kier molecular flexibility index (Phi) is 6.09. The predicted octanol–water partition coefficient (Wildman–Crippen LogP) is 4.40. The van der Waals surface area contributed by atoms with E-state index in [9.17, 15) is 23.1 Å². The Hall–Kier alpha value is -1.51.